The Labute approximate surface area is 164 Å². The van der Waals surface area contributed by atoms with E-state index in [1.807, 2.05) is 47.4 Å². The fourth-order valence-electron chi connectivity index (χ4n) is 3.12. The number of benzene rings is 2. The Morgan fingerprint density at radius 3 is 2.48 bits per heavy atom. The Morgan fingerprint density at radius 2 is 1.81 bits per heavy atom. The Kier molecular flexibility index (Phi) is 6.29. The third kappa shape index (κ3) is 4.57. The highest BCUT2D eigenvalue weighted by molar-refractivity contribution is 6.31. The maximum absolute atomic E-state index is 12.5. The van der Waals surface area contributed by atoms with Gasteiger partial charge in [-0.15, -0.1) is 0 Å². The largest absolute Gasteiger partial charge is 0.497 e. The van der Waals surface area contributed by atoms with E-state index in [1.54, 1.807) is 14.2 Å². The van der Waals surface area contributed by atoms with Gasteiger partial charge in [-0.1, -0.05) is 29.8 Å². The average Bonchev–Trinajstić information content (AvgIpc) is 2.72. The summed E-state index contributed by atoms with van der Waals surface area (Å²) in [6.07, 6.45) is 0. The topological polar surface area (TPSA) is 54.0 Å². The number of amides is 2. The Hall–Kier alpha value is -2.60. The summed E-state index contributed by atoms with van der Waals surface area (Å²) in [7, 11) is 3.30. The minimum Gasteiger partial charge on any atom is -0.497 e. The monoisotopic (exact) mass is 389 g/mol. The van der Waals surface area contributed by atoms with Crippen molar-refractivity contribution in [3.8, 4) is 11.5 Å². The van der Waals surface area contributed by atoms with Crippen molar-refractivity contribution in [3.63, 3.8) is 0 Å². The van der Waals surface area contributed by atoms with Gasteiger partial charge in [-0.3, -0.25) is 0 Å². The van der Waals surface area contributed by atoms with Crippen LogP contribution in [0.15, 0.2) is 42.5 Å². The number of ether oxygens (including phenoxy) is 2. The second kappa shape index (κ2) is 8.86. The van der Waals surface area contributed by atoms with E-state index in [1.165, 1.54) is 0 Å². The van der Waals surface area contributed by atoms with E-state index >= 15 is 0 Å². The van der Waals surface area contributed by atoms with E-state index in [4.69, 9.17) is 21.1 Å². The molecule has 1 heterocycles. The summed E-state index contributed by atoms with van der Waals surface area (Å²) in [5.74, 6) is 1.58. The lowest BCUT2D eigenvalue weighted by molar-refractivity contribution is 0.194. The molecule has 1 aliphatic rings. The van der Waals surface area contributed by atoms with Crippen LogP contribution in [-0.2, 0) is 6.54 Å². The maximum atomic E-state index is 12.5. The second-order valence-corrected chi connectivity index (χ2v) is 6.67. The van der Waals surface area contributed by atoms with Crippen LogP contribution in [0.25, 0.3) is 0 Å². The number of anilines is 1. The fraction of sp³-hybridized carbons (Fsp3) is 0.350. The molecule has 0 bridgehead atoms. The number of urea groups is 1. The quantitative estimate of drug-likeness (QED) is 0.851. The number of hydrogen-bond acceptors (Lipinski definition) is 4. The SMILES string of the molecule is COc1ccc(OC)c(N2CCN(C(=O)NCc3ccccc3Cl)CC2)c1. The second-order valence-electron chi connectivity index (χ2n) is 6.26. The molecule has 0 atom stereocenters. The Morgan fingerprint density at radius 1 is 1.07 bits per heavy atom. The molecule has 7 heteroatoms. The zero-order chi connectivity index (χ0) is 19.2. The number of rotatable bonds is 5. The summed E-state index contributed by atoms with van der Waals surface area (Å²) < 4.78 is 10.8. The highest BCUT2D eigenvalue weighted by Crippen LogP contribution is 2.32. The van der Waals surface area contributed by atoms with Gasteiger partial charge in [0.25, 0.3) is 0 Å². The zero-order valence-electron chi connectivity index (χ0n) is 15.6. The minimum absolute atomic E-state index is 0.0767. The lowest BCUT2D eigenvalue weighted by Crippen LogP contribution is -2.51. The highest BCUT2D eigenvalue weighted by Gasteiger charge is 2.23. The van der Waals surface area contributed by atoms with Crippen molar-refractivity contribution in [3.05, 3.63) is 53.1 Å². The van der Waals surface area contributed by atoms with Gasteiger partial charge in [0.1, 0.15) is 11.5 Å². The first kappa shape index (κ1) is 19.2. The van der Waals surface area contributed by atoms with Gasteiger partial charge in [0.05, 0.1) is 19.9 Å². The molecular weight excluding hydrogens is 366 g/mol. The molecule has 3 rings (SSSR count). The number of halogens is 1. The summed E-state index contributed by atoms with van der Waals surface area (Å²) in [6.45, 7) is 3.14. The van der Waals surface area contributed by atoms with Gasteiger partial charge in [0, 0.05) is 43.8 Å². The number of hydrogen-bond donors (Lipinski definition) is 1. The van der Waals surface area contributed by atoms with Crippen LogP contribution in [0.1, 0.15) is 5.56 Å². The van der Waals surface area contributed by atoms with E-state index < -0.39 is 0 Å². The molecule has 1 fully saturated rings. The number of piperazine rings is 1. The molecule has 144 valence electrons. The minimum atomic E-state index is -0.0767. The molecule has 1 N–H and O–H groups in total. The van der Waals surface area contributed by atoms with Crippen molar-refractivity contribution in [2.45, 2.75) is 6.54 Å². The van der Waals surface area contributed by atoms with Crippen LogP contribution in [-0.4, -0.2) is 51.3 Å². The predicted octanol–water partition coefficient (Wildman–Crippen LogP) is 3.39. The number of nitrogens with zero attached hydrogens (tertiary/aromatic N) is 2. The smallest absolute Gasteiger partial charge is 0.317 e. The summed E-state index contributed by atoms with van der Waals surface area (Å²) in [6, 6.07) is 13.2. The molecular formula is C20H24ClN3O3. The van der Waals surface area contributed by atoms with Gasteiger partial charge in [-0.05, 0) is 23.8 Å². The van der Waals surface area contributed by atoms with E-state index in [9.17, 15) is 4.79 Å². The van der Waals surface area contributed by atoms with Gasteiger partial charge >= 0.3 is 6.03 Å². The molecule has 0 radical (unpaired) electrons. The van der Waals surface area contributed by atoms with E-state index in [0.29, 0.717) is 24.7 Å². The molecule has 0 aliphatic carbocycles. The standard InChI is InChI=1S/C20H24ClN3O3/c1-26-16-7-8-19(27-2)18(13-16)23-9-11-24(12-10-23)20(25)22-14-15-5-3-4-6-17(15)21/h3-8,13H,9-12,14H2,1-2H3,(H,22,25). The number of carbonyl (C=O) groups is 1. The number of nitrogens with one attached hydrogen (secondary N) is 1. The lowest BCUT2D eigenvalue weighted by Gasteiger charge is -2.36. The van der Waals surface area contributed by atoms with Crippen LogP contribution < -0.4 is 19.7 Å². The van der Waals surface area contributed by atoms with Crippen molar-refractivity contribution in [2.24, 2.45) is 0 Å². The molecule has 1 saturated heterocycles. The summed E-state index contributed by atoms with van der Waals surface area (Å²) in [5.41, 5.74) is 1.89. The molecule has 1 aliphatic heterocycles. The van der Waals surface area contributed by atoms with Gasteiger partial charge in [0.15, 0.2) is 0 Å². The van der Waals surface area contributed by atoms with E-state index in [-0.39, 0.29) is 6.03 Å². The molecule has 6 nitrogen and oxygen atoms in total. The molecule has 2 aromatic carbocycles. The van der Waals surface area contributed by atoms with Crippen LogP contribution in [0.2, 0.25) is 5.02 Å². The Bertz CT molecular complexity index is 792. The van der Waals surface area contributed by atoms with Crippen LogP contribution in [0.5, 0.6) is 11.5 Å². The average molecular weight is 390 g/mol. The number of methoxy groups -OCH3 is 2. The first-order chi connectivity index (χ1) is 13.1. The normalized spacial score (nSPS) is 14.0. The third-order valence-corrected chi connectivity index (χ3v) is 5.05. The molecule has 27 heavy (non-hydrogen) atoms. The summed E-state index contributed by atoms with van der Waals surface area (Å²) in [4.78, 5) is 16.5. The maximum Gasteiger partial charge on any atom is 0.317 e. The van der Waals surface area contributed by atoms with Crippen LogP contribution in [0, 0.1) is 0 Å². The summed E-state index contributed by atoms with van der Waals surface area (Å²) >= 11 is 6.14. The molecule has 2 amide bonds. The molecule has 2 aromatic rings. The first-order valence-electron chi connectivity index (χ1n) is 8.85. The Balaban J connectivity index is 1.57. The molecule has 0 aromatic heterocycles. The van der Waals surface area contributed by atoms with Gasteiger partial charge in [-0.25, -0.2) is 4.79 Å². The lowest BCUT2D eigenvalue weighted by atomic mass is 10.2. The van der Waals surface area contributed by atoms with Crippen molar-refractivity contribution in [1.82, 2.24) is 10.2 Å². The fourth-order valence-corrected chi connectivity index (χ4v) is 3.32. The van der Waals surface area contributed by atoms with E-state index in [2.05, 4.69) is 10.2 Å². The highest BCUT2D eigenvalue weighted by atomic mass is 35.5. The van der Waals surface area contributed by atoms with Gasteiger partial charge in [0.2, 0.25) is 0 Å². The summed E-state index contributed by atoms with van der Waals surface area (Å²) in [5, 5.41) is 3.60. The van der Waals surface area contributed by atoms with Crippen molar-refractivity contribution >= 4 is 23.3 Å². The van der Waals surface area contributed by atoms with Crippen molar-refractivity contribution in [2.75, 3.05) is 45.3 Å². The van der Waals surface area contributed by atoms with Crippen LogP contribution >= 0.6 is 11.6 Å². The first-order valence-corrected chi connectivity index (χ1v) is 9.23. The van der Waals surface area contributed by atoms with Crippen LogP contribution in [0.4, 0.5) is 10.5 Å². The van der Waals surface area contributed by atoms with Gasteiger partial charge in [-0.2, -0.15) is 0 Å². The number of carbonyl (C=O) groups excluding carboxylic acids is 1. The predicted molar refractivity (Wildman–Crippen MR) is 107 cm³/mol. The van der Waals surface area contributed by atoms with Gasteiger partial charge < -0.3 is 24.6 Å². The van der Waals surface area contributed by atoms with Crippen molar-refractivity contribution < 1.29 is 14.3 Å². The molecule has 0 unspecified atom stereocenters. The molecule has 0 spiro atoms. The third-order valence-electron chi connectivity index (χ3n) is 4.68. The van der Waals surface area contributed by atoms with Crippen molar-refractivity contribution in [1.29, 1.82) is 0 Å². The molecule has 0 saturated carbocycles. The van der Waals surface area contributed by atoms with Crippen LogP contribution in [0.3, 0.4) is 0 Å². The van der Waals surface area contributed by atoms with E-state index in [0.717, 1.165) is 35.8 Å². The zero-order valence-corrected chi connectivity index (χ0v) is 16.3.